The van der Waals surface area contributed by atoms with Gasteiger partial charge in [-0.1, -0.05) is 78.9 Å². The van der Waals surface area contributed by atoms with Crippen molar-refractivity contribution in [1.82, 2.24) is 9.97 Å². The van der Waals surface area contributed by atoms with Crippen LogP contribution in [0.25, 0.3) is 66.8 Å². The summed E-state index contributed by atoms with van der Waals surface area (Å²) in [6.45, 7) is 0. The van der Waals surface area contributed by atoms with Crippen molar-refractivity contribution in [2.45, 2.75) is 0 Å². The standard InChI is InChI=1S/C32H20N2O/c1-3-13-28-25(10-1)30-31(34-28)26-11-2-4-14-29(26)35-32(30)22-17-15-21(16-18-22)23-8-7-9-24(20-23)27-12-5-6-19-33-27/h1-20H. The van der Waals surface area contributed by atoms with Crippen molar-refractivity contribution in [2.24, 2.45) is 0 Å². The Labute approximate surface area is 202 Å². The van der Waals surface area contributed by atoms with E-state index in [1.807, 2.05) is 48.7 Å². The number of benzene rings is 4. The molecule has 0 fully saturated rings. The summed E-state index contributed by atoms with van der Waals surface area (Å²) in [6, 6.07) is 39.4. The molecule has 3 heterocycles. The van der Waals surface area contributed by atoms with Crippen molar-refractivity contribution in [3.63, 3.8) is 0 Å². The molecule has 3 nitrogen and oxygen atoms in total. The van der Waals surface area contributed by atoms with Gasteiger partial charge in [0.15, 0.2) is 0 Å². The van der Waals surface area contributed by atoms with E-state index in [1.54, 1.807) is 0 Å². The lowest BCUT2D eigenvalue weighted by atomic mass is 9.97. The molecule has 35 heavy (non-hydrogen) atoms. The van der Waals surface area contributed by atoms with Crippen LogP contribution in [0.3, 0.4) is 0 Å². The van der Waals surface area contributed by atoms with Gasteiger partial charge in [-0.2, -0.15) is 0 Å². The zero-order chi connectivity index (χ0) is 23.2. The highest BCUT2D eigenvalue weighted by Crippen LogP contribution is 2.44. The van der Waals surface area contributed by atoms with Crippen molar-refractivity contribution in [1.29, 1.82) is 0 Å². The van der Waals surface area contributed by atoms with E-state index < -0.39 is 0 Å². The van der Waals surface area contributed by atoms with E-state index in [0.717, 1.165) is 66.8 Å². The average molecular weight is 449 g/mol. The summed E-state index contributed by atoms with van der Waals surface area (Å²) in [5.41, 5.74) is 9.27. The zero-order valence-electron chi connectivity index (χ0n) is 18.8. The molecule has 164 valence electrons. The summed E-state index contributed by atoms with van der Waals surface area (Å²) in [6.07, 6.45) is 1.83. The summed E-state index contributed by atoms with van der Waals surface area (Å²) in [7, 11) is 0. The number of fused-ring (bicyclic) bond motifs is 5. The maximum Gasteiger partial charge on any atom is 0.144 e. The first-order valence-corrected chi connectivity index (χ1v) is 11.7. The Morgan fingerprint density at radius 3 is 2.14 bits per heavy atom. The van der Waals surface area contributed by atoms with Crippen LogP contribution in [0.1, 0.15) is 0 Å². The number of aromatic nitrogens is 2. The first kappa shape index (κ1) is 19.7. The van der Waals surface area contributed by atoms with Crippen molar-refractivity contribution in [3.05, 3.63) is 121 Å². The third-order valence-electron chi connectivity index (χ3n) is 6.53. The molecular formula is C32H20N2O. The molecule has 0 spiro atoms. The van der Waals surface area contributed by atoms with Gasteiger partial charge in [0.2, 0.25) is 0 Å². The Kier molecular flexibility index (Phi) is 4.46. The van der Waals surface area contributed by atoms with Crippen molar-refractivity contribution in [2.75, 3.05) is 0 Å². The van der Waals surface area contributed by atoms with Crippen LogP contribution in [-0.2, 0) is 0 Å². The first-order chi connectivity index (χ1) is 17.3. The quantitative estimate of drug-likeness (QED) is 0.272. The van der Waals surface area contributed by atoms with E-state index in [0.29, 0.717) is 0 Å². The van der Waals surface area contributed by atoms with Crippen molar-refractivity contribution in [3.8, 4) is 45.0 Å². The minimum atomic E-state index is 0.838. The van der Waals surface area contributed by atoms with Crippen LogP contribution in [0.5, 0.6) is 0 Å². The van der Waals surface area contributed by atoms with Crippen LogP contribution in [0.2, 0.25) is 0 Å². The Morgan fingerprint density at radius 2 is 1.29 bits per heavy atom. The van der Waals surface area contributed by atoms with E-state index in [4.69, 9.17) is 9.40 Å². The van der Waals surface area contributed by atoms with Crippen LogP contribution in [-0.4, -0.2) is 9.97 Å². The molecule has 3 heteroatoms. The molecule has 0 saturated carbocycles. The molecule has 0 bridgehead atoms. The molecule has 0 atom stereocenters. The molecule has 1 aromatic heterocycles. The lowest BCUT2D eigenvalue weighted by molar-refractivity contribution is 0.622. The highest BCUT2D eigenvalue weighted by atomic mass is 16.3. The molecule has 2 aliphatic rings. The predicted molar refractivity (Wildman–Crippen MR) is 142 cm³/mol. The first-order valence-electron chi connectivity index (χ1n) is 11.7. The highest BCUT2D eigenvalue weighted by Gasteiger charge is 2.22. The minimum Gasteiger partial charge on any atom is -0.455 e. The van der Waals surface area contributed by atoms with Crippen LogP contribution >= 0.6 is 0 Å². The molecule has 0 N–H and O–H groups in total. The maximum atomic E-state index is 6.50. The topological polar surface area (TPSA) is 38.9 Å². The van der Waals surface area contributed by atoms with Gasteiger partial charge in [0, 0.05) is 28.1 Å². The molecule has 5 aromatic rings. The van der Waals surface area contributed by atoms with Gasteiger partial charge in [-0.25, -0.2) is 4.98 Å². The largest absolute Gasteiger partial charge is 0.455 e. The van der Waals surface area contributed by atoms with Gasteiger partial charge in [-0.15, -0.1) is 0 Å². The third kappa shape index (κ3) is 3.29. The number of para-hydroxylation sites is 2. The van der Waals surface area contributed by atoms with Gasteiger partial charge in [0.05, 0.1) is 22.5 Å². The second-order valence-electron chi connectivity index (χ2n) is 8.65. The molecular weight excluding hydrogens is 428 g/mol. The van der Waals surface area contributed by atoms with E-state index in [1.165, 1.54) is 0 Å². The number of nitrogens with zero attached hydrogens (tertiary/aromatic N) is 2. The van der Waals surface area contributed by atoms with Crippen molar-refractivity contribution >= 4 is 21.9 Å². The molecule has 0 unspecified atom stereocenters. The number of rotatable bonds is 3. The molecule has 0 amide bonds. The molecule has 4 aromatic carbocycles. The predicted octanol–water partition coefficient (Wildman–Crippen LogP) is 8.48. The average Bonchev–Trinajstić information content (AvgIpc) is 3.33. The number of hydrogen-bond donors (Lipinski definition) is 0. The van der Waals surface area contributed by atoms with Crippen LogP contribution in [0.4, 0.5) is 0 Å². The molecule has 0 saturated heterocycles. The summed E-state index contributed by atoms with van der Waals surface area (Å²) in [5, 5.41) is 2.14. The van der Waals surface area contributed by atoms with E-state index >= 15 is 0 Å². The summed E-state index contributed by atoms with van der Waals surface area (Å²) < 4.78 is 6.50. The fourth-order valence-electron chi connectivity index (χ4n) is 4.83. The fourth-order valence-corrected chi connectivity index (χ4v) is 4.83. The summed E-state index contributed by atoms with van der Waals surface area (Å²) in [5.74, 6) is 0.848. The number of pyridine rings is 1. The normalized spacial score (nSPS) is 11.4. The van der Waals surface area contributed by atoms with Crippen molar-refractivity contribution < 1.29 is 4.42 Å². The number of hydrogen-bond acceptors (Lipinski definition) is 3. The smallest absolute Gasteiger partial charge is 0.144 e. The summed E-state index contributed by atoms with van der Waals surface area (Å²) in [4.78, 5) is 9.46. The second kappa shape index (κ2) is 7.93. The van der Waals surface area contributed by atoms with Gasteiger partial charge >= 0.3 is 0 Å². The Bertz CT molecular complexity index is 1780. The fraction of sp³-hybridized carbons (Fsp3) is 0. The van der Waals surface area contributed by atoms with Crippen LogP contribution < -0.4 is 0 Å². The van der Waals surface area contributed by atoms with Crippen LogP contribution in [0.15, 0.2) is 126 Å². The molecule has 0 aliphatic carbocycles. The summed E-state index contributed by atoms with van der Waals surface area (Å²) >= 11 is 0. The van der Waals surface area contributed by atoms with E-state index in [9.17, 15) is 0 Å². The monoisotopic (exact) mass is 448 g/mol. The second-order valence-corrected chi connectivity index (χ2v) is 8.65. The minimum absolute atomic E-state index is 0.838. The Morgan fingerprint density at radius 1 is 0.543 bits per heavy atom. The maximum absolute atomic E-state index is 6.50. The van der Waals surface area contributed by atoms with E-state index in [-0.39, 0.29) is 0 Å². The molecule has 7 rings (SSSR count). The lowest BCUT2D eigenvalue weighted by Crippen LogP contribution is -1.89. The Balaban J connectivity index is 1.37. The van der Waals surface area contributed by atoms with E-state index in [2.05, 4.69) is 77.8 Å². The SMILES string of the molecule is c1ccc(-c2cccc(-c3ccc(-c4oc5ccccc5c5nc6ccccc6c4-5)cc3)c2)nc1. The van der Waals surface area contributed by atoms with Crippen LogP contribution in [0, 0.1) is 0 Å². The van der Waals surface area contributed by atoms with Gasteiger partial charge < -0.3 is 4.42 Å². The van der Waals surface area contributed by atoms with Gasteiger partial charge in [0.1, 0.15) is 11.3 Å². The molecule has 0 radical (unpaired) electrons. The zero-order valence-corrected chi connectivity index (χ0v) is 18.8. The van der Waals surface area contributed by atoms with Gasteiger partial charge in [0.25, 0.3) is 0 Å². The third-order valence-corrected chi connectivity index (χ3v) is 6.53. The Hall–Kier alpha value is -4.76. The lowest BCUT2D eigenvalue weighted by Gasteiger charge is -2.12. The van der Waals surface area contributed by atoms with Gasteiger partial charge in [-0.3, -0.25) is 4.98 Å². The highest BCUT2D eigenvalue weighted by molar-refractivity contribution is 6.10. The molecule has 2 aliphatic heterocycles. The van der Waals surface area contributed by atoms with Gasteiger partial charge in [-0.05, 0) is 47.5 Å².